The number of fused-ring (bicyclic) bond motifs is 1. The first-order valence-electron chi connectivity index (χ1n) is 11.2. The molecule has 2 heterocycles. The molecule has 0 aliphatic heterocycles. The van der Waals surface area contributed by atoms with E-state index in [2.05, 4.69) is 26.0 Å². The van der Waals surface area contributed by atoms with Gasteiger partial charge in [-0.2, -0.15) is 10.4 Å². The molecule has 176 valence electrons. The first-order valence-corrected chi connectivity index (χ1v) is 11.2. The SMILES string of the molecule is CCCNC(=O)c1cn2ncnc(Nc3cc(NC(=O)c4ccc(C#N)cc4)ccc3C)c2c1C. The number of nitriles is 1. The summed E-state index contributed by atoms with van der Waals surface area (Å²) in [6.45, 7) is 6.41. The van der Waals surface area contributed by atoms with Crippen LogP contribution < -0.4 is 16.0 Å². The van der Waals surface area contributed by atoms with Crippen LogP contribution in [0.5, 0.6) is 0 Å². The lowest BCUT2D eigenvalue weighted by Crippen LogP contribution is -2.24. The third-order valence-corrected chi connectivity index (χ3v) is 5.63. The van der Waals surface area contributed by atoms with E-state index in [1.54, 1.807) is 35.0 Å². The first kappa shape index (κ1) is 23.4. The molecule has 2 aromatic heterocycles. The van der Waals surface area contributed by atoms with Crippen molar-refractivity contribution in [2.24, 2.45) is 0 Å². The number of hydrogen-bond acceptors (Lipinski definition) is 6. The molecule has 0 aliphatic carbocycles. The molecule has 0 aliphatic rings. The molecule has 0 radical (unpaired) electrons. The Morgan fingerprint density at radius 2 is 1.86 bits per heavy atom. The normalized spacial score (nSPS) is 10.6. The molecule has 9 heteroatoms. The Morgan fingerprint density at radius 1 is 1.09 bits per heavy atom. The van der Waals surface area contributed by atoms with Crippen LogP contribution in [0.2, 0.25) is 0 Å². The van der Waals surface area contributed by atoms with Crippen LogP contribution in [0.1, 0.15) is 50.8 Å². The predicted octanol–water partition coefficient (Wildman–Crippen LogP) is 4.35. The number of carbonyl (C=O) groups is 2. The molecule has 0 bridgehead atoms. The zero-order valence-electron chi connectivity index (χ0n) is 19.7. The number of hydrogen-bond donors (Lipinski definition) is 3. The maximum Gasteiger partial charge on any atom is 0.255 e. The average Bonchev–Trinajstić information content (AvgIpc) is 3.22. The van der Waals surface area contributed by atoms with Gasteiger partial charge in [0.25, 0.3) is 11.8 Å². The number of rotatable bonds is 7. The molecular weight excluding hydrogens is 442 g/mol. The lowest BCUT2D eigenvalue weighted by atomic mass is 10.1. The van der Waals surface area contributed by atoms with Gasteiger partial charge in [-0.1, -0.05) is 13.0 Å². The van der Waals surface area contributed by atoms with Gasteiger partial charge in [0.2, 0.25) is 0 Å². The summed E-state index contributed by atoms with van der Waals surface area (Å²) in [7, 11) is 0. The van der Waals surface area contributed by atoms with Crippen molar-refractivity contribution < 1.29 is 9.59 Å². The Kier molecular flexibility index (Phi) is 6.73. The topological polar surface area (TPSA) is 124 Å². The maximum atomic E-state index is 12.7. The quantitative estimate of drug-likeness (QED) is 0.371. The number of nitrogens with zero attached hydrogens (tertiary/aromatic N) is 4. The molecule has 3 N–H and O–H groups in total. The Balaban J connectivity index is 1.60. The minimum atomic E-state index is -0.279. The van der Waals surface area contributed by atoms with Crippen LogP contribution in [-0.2, 0) is 0 Å². The fraction of sp³-hybridized carbons (Fsp3) is 0.192. The van der Waals surface area contributed by atoms with Gasteiger partial charge in [-0.3, -0.25) is 9.59 Å². The van der Waals surface area contributed by atoms with Gasteiger partial charge in [0.05, 0.1) is 17.2 Å². The second-order valence-corrected chi connectivity index (χ2v) is 8.12. The van der Waals surface area contributed by atoms with Crippen molar-refractivity contribution in [3.05, 3.63) is 82.8 Å². The highest BCUT2D eigenvalue weighted by Crippen LogP contribution is 2.28. The number of amides is 2. The minimum Gasteiger partial charge on any atom is -0.352 e. The van der Waals surface area contributed by atoms with Gasteiger partial charge in [-0.15, -0.1) is 0 Å². The minimum absolute atomic E-state index is 0.149. The van der Waals surface area contributed by atoms with Crippen molar-refractivity contribution in [1.82, 2.24) is 19.9 Å². The lowest BCUT2D eigenvalue weighted by Gasteiger charge is -2.13. The average molecular weight is 468 g/mol. The van der Waals surface area contributed by atoms with Gasteiger partial charge < -0.3 is 16.0 Å². The standard InChI is InChI=1S/C26H25N7O2/c1-4-11-28-26(35)21-14-33-23(17(21)3)24(29-15-30-33)32-22-12-20(10-5-16(22)2)31-25(34)19-8-6-18(13-27)7-9-19/h5-10,12,14-15H,4,11H2,1-3H3,(H,28,35)(H,31,34)(H,29,30,32). The van der Waals surface area contributed by atoms with Crippen molar-refractivity contribution in [1.29, 1.82) is 5.26 Å². The number of anilines is 3. The van der Waals surface area contributed by atoms with Gasteiger partial charge in [0.1, 0.15) is 11.8 Å². The third-order valence-electron chi connectivity index (χ3n) is 5.63. The second-order valence-electron chi connectivity index (χ2n) is 8.12. The summed E-state index contributed by atoms with van der Waals surface area (Å²) >= 11 is 0. The van der Waals surface area contributed by atoms with Crippen LogP contribution in [0.25, 0.3) is 5.52 Å². The van der Waals surface area contributed by atoms with E-state index in [-0.39, 0.29) is 11.8 Å². The van der Waals surface area contributed by atoms with Crippen molar-refractivity contribution in [3.8, 4) is 6.07 Å². The number of carbonyl (C=O) groups excluding carboxylic acids is 2. The Bertz CT molecular complexity index is 1450. The molecule has 0 saturated heterocycles. The van der Waals surface area contributed by atoms with Crippen LogP contribution in [0, 0.1) is 25.2 Å². The molecule has 4 aromatic rings. The van der Waals surface area contributed by atoms with Gasteiger partial charge in [-0.05, 0) is 67.8 Å². The molecule has 35 heavy (non-hydrogen) atoms. The number of aromatic nitrogens is 3. The zero-order valence-corrected chi connectivity index (χ0v) is 19.7. The summed E-state index contributed by atoms with van der Waals surface area (Å²) in [6.07, 6.45) is 3.97. The summed E-state index contributed by atoms with van der Waals surface area (Å²) < 4.78 is 1.64. The largest absolute Gasteiger partial charge is 0.352 e. The number of benzene rings is 2. The van der Waals surface area contributed by atoms with Gasteiger partial charge >= 0.3 is 0 Å². The van der Waals surface area contributed by atoms with Crippen LogP contribution in [0.4, 0.5) is 17.2 Å². The molecule has 0 saturated carbocycles. The first-order chi connectivity index (χ1) is 16.9. The van der Waals surface area contributed by atoms with Gasteiger partial charge in [0.15, 0.2) is 5.82 Å². The van der Waals surface area contributed by atoms with E-state index < -0.39 is 0 Å². The van der Waals surface area contributed by atoms with E-state index in [4.69, 9.17) is 5.26 Å². The zero-order chi connectivity index (χ0) is 24.9. The van der Waals surface area contributed by atoms with Crippen LogP contribution >= 0.6 is 0 Å². The van der Waals surface area contributed by atoms with Crippen molar-refractivity contribution >= 4 is 34.5 Å². The van der Waals surface area contributed by atoms with E-state index in [0.29, 0.717) is 40.3 Å². The molecule has 4 rings (SSSR count). The molecule has 0 unspecified atom stereocenters. The smallest absolute Gasteiger partial charge is 0.255 e. The molecule has 2 amide bonds. The number of nitrogens with one attached hydrogen (secondary N) is 3. The summed E-state index contributed by atoms with van der Waals surface area (Å²) in [5, 5.41) is 22.3. The van der Waals surface area contributed by atoms with E-state index in [1.165, 1.54) is 6.33 Å². The maximum absolute atomic E-state index is 12.7. The molecule has 2 aromatic carbocycles. The Labute approximate surface area is 202 Å². The van der Waals surface area contributed by atoms with Crippen LogP contribution in [-0.4, -0.2) is 33.0 Å². The predicted molar refractivity (Wildman–Crippen MR) is 134 cm³/mol. The van der Waals surface area contributed by atoms with Crippen molar-refractivity contribution in [3.63, 3.8) is 0 Å². The van der Waals surface area contributed by atoms with E-state index >= 15 is 0 Å². The lowest BCUT2D eigenvalue weighted by molar-refractivity contribution is 0.0952. The summed E-state index contributed by atoms with van der Waals surface area (Å²) in [5.74, 6) is 0.120. The third kappa shape index (κ3) is 4.96. The molecule has 0 spiro atoms. The summed E-state index contributed by atoms with van der Waals surface area (Å²) in [4.78, 5) is 29.6. The van der Waals surface area contributed by atoms with E-state index in [0.717, 1.165) is 23.2 Å². The molecular formula is C26H25N7O2. The fourth-order valence-corrected chi connectivity index (χ4v) is 3.68. The van der Waals surface area contributed by atoms with E-state index in [1.807, 2.05) is 45.0 Å². The molecule has 0 atom stereocenters. The summed E-state index contributed by atoms with van der Waals surface area (Å²) in [6, 6.07) is 14.0. The highest BCUT2D eigenvalue weighted by molar-refractivity contribution is 6.04. The highest BCUT2D eigenvalue weighted by Gasteiger charge is 2.18. The Hall–Kier alpha value is -4.71. The number of aryl methyl sites for hydroxylation is 2. The van der Waals surface area contributed by atoms with Crippen LogP contribution in [0.3, 0.4) is 0 Å². The fourth-order valence-electron chi connectivity index (χ4n) is 3.68. The second kappa shape index (κ2) is 10.1. The summed E-state index contributed by atoms with van der Waals surface area (Å²) in [5.41, 5.74) is 5.25. The Morgan fingerprint density at radius 3 is 2.57 bits per heavy atom. The molecule has 0 fully saturated rings. The van der Waals surface area contributed by atoms with Crippen molar-refractivity contribution in [2.75, 3.05) is 17.2 Å². The van der Waals surface area contributed by atoms with Gasteiger partial charge in [0, 0.05) is 29.7 Å². The van der Waals surface area contributed by atoms with Crippen LogP contribution in [0.15, 0.2) is 55.0 Å². The monoisotopic (exact) mass is 467 g/mol. The van der Waals surface area contributed by atoms with Crippen molar-refractivity contribution in [2.45, 2.75) is 27.2 Å². The van der Waals surface area contributed by atoms with Gasteiger partial charge in [-0.25, -0.2) is 9.50 Å². The highest BCUT2D eigenvalue weighted by atomic mass is 16.2. The van der Waals surface area contributed by atoms with E-state index in [9.17, 15) is 9.59 Å². The molecule has 9 nitrogen and oxygen atoms in total.